The van der Waals surface area contributed by atoms with Gasteiger partial charge in [-0.25, -0.2) is 0 Å². The van der Waals surface area contributed by atoms with Crippen molar-refractivity contribution in [1.29, 1.82) is 0 Å². The molecule has 6 nitrogen and oxygen atoms in total. The van der Waals surface area contributed by atoms with Gasteiger partial charge in [0.05, 0.1) is 11.4 Å². The van der Waals surface area contributed by atoms with Crippen LogP contribution in [0, 0.1) is 27.7 Å². The molecule has 306 valence electrons. The van der Waals surface area contributed by atoms with Gasteiger partial charge in [-0.05, 0) is 100 Å². The molecule has 0 unspecified atom stereocenters. The first-order chi connectivity index (χ1) is 31.3. The quantitative estimate of drug-likeness (QED) is 0.166. The van der Waals surface area contributed by atoms with Gasteiger partial charge >= 0.3 is 0 Å². The van der Waals surface area contributed by atoms with Crippen molar-refractivity contribution < 1.29 is 17.7 Å². The van der Waals surface area contributed by atoms with E-state index in [4.69, 9.17) is 17.7 Å². The zero-order valence-electron chi connectivity index (χ0n) is 35.7. The van der Waals surface area contributed by atoms with Crippen LogP contribution in [-0.4, -0.2) is 0 Å². The third-order valence-corrected chi connectivity index (χ3v) is 12.9. The molecule has 0 aliphatic rings. The average molecular weight is 829 g/mol. The zero-order chi connectivity index (χ0) is 42.8. The fraction of sp³-hybridized carbons (Fsp3) is 0.0690. The predicted octanol–water partition coefficient (Wildman–Crippen LogP) is 17.5. The highest BCUT2D eigenvalue weighted by Crippen LogP contribution is 2.51. The molecular formula is C58H40N2O4. The van der Waals surface area contributed by atoms with Gasteiger partial charge in [0.1, 0.15) is 33.5 Å². The Labute approximate surface area is 367 Å². The van der Waals surface area contributed by atoms with E-state index in [0.717, 1.165) is 122 Å². The highest BCUT2D eigenvalue weighted by molar-refractivity contribution is 6.33. The molecule has 4 heterocycles. The molecule has 0 spiro atoms. The second-order valence-corrected chi connectivity index (χ2v) is 17.2. The monoisotopic (exact) mass is 828 g/mol. The van der Waals surface area contributed by atoms with E-state index in [9.17, 15) is 0 Å². The minimum atomic E-state index is 0.761. The number of hydrogen-bond acceptors (Lipinski definition) is 6. The Bertz CT molecular complexity index is 3620. The number of anilines is 6. The van der Waals surface area contributed by atoms with Crippen molar-refractivity contribution in [3.05, 3.63) is 192 Å². The number of rotatable bonds is 6. The molecule has 0 aliphatic heterocycles. The Kier molecular flexibility index (Phi) is 7.76. The lowest BCUT2D eigenvalue weighted by atomic mass is 10.0. The first kappa shape index (κ1) is 36.4. The summed E-state index contributed by atoms with van der Waals surface area (Å²) in [5.74, 6) is 0. The van der Waals surface area contributed by atoms with E-state index in [1.165, 1.54) is 22.3 Å². The van der Waals surface area contributed by atoms with Crippen LogP contribution in [0.25, 0.3) is 87.8 Å². The molecule has 0 radical (unpaired) electrons. The summed E-state index contributed by atoms with van der Waals surface area (Å²) in [6, 6.07) is 59.7. The molecule has 0 amide bonds. The summed E-state index contributed by atoms with van der Waals surface area (Å²) in [4.78, 5) is 4.54. The summed E-state index contributed by atoms with van der Waals surface area (Å²) in [5.41, 5.74) is 16.9. The van der Waals surface area contributed by atoms with Crippen LogP contribution in [0.15, 0.2) is 188 Å². The SMILES string of the molecule is Cc1ccc(N(c2ccc(C)cc2)c2cc3oc4cc5c(cc4c3c3c2oc2ccccc23)oc2cc(N(c3ccc(C)cc3)c3ccc(C)cc3)c3oc4ccccc4c3c25)cc1. The minimum absolute atomic E-state index is 0.761. The van der Waals surface area contributed by atoms with E-state index in [-0.39, 0.29) is 0 Å². The van der Waals surface area contributed by atoms with E-state index < -0.39 is 0 Å². The van der Waals surface area contributed by atoms with Gasteiger partial charge in [-0.15, -0.1) is 0 Å². The Hall–Kier alpha value is -8.22. The molecule has 0 fully saturated rings. The molecule has 0 N–H and O–H groups in total. The first-order valence-corrected chi connectivity index (χ1v) is 21.7. The molecule has 0 aliphatic carbocycles. The van der Waals surface area contributed by atoms with E-state index in [0.29, 0.717) is 0 Å². The number of fused-ring (bicyclic) bond motifs is 14. The zero-order valence-corrected chi connectivity index (χ0v) is 35.7. The smallest absolute Gasteiger partial charge is 0.160 e. The lowest BCUT2D eigenvalue weighted by Gasteiger charge is -2.26. The van der Waals surface area contributed by atoms with Crippen molar-refractivity contribution in [3.63, 3.8) is 0 Å². The third kappa shape index (κ3) is 5.45. The molecule has 0 atom stereocenters. The van der Waals surface area contributed by atoms with Crippen LogP contribution in [0.2, 0.25) is 0 Å². The Morgan fingerprint density at radius 1 is 0.281 bits per heavy atom. The standard InChI is InChI=1S/C58H40N2O4/c1-33-13-21-37(22-14-33)59(38-23-15-34(2)16-24-38)45-31-51-53(55-41-9-5-7-11-47(41)63-57(45)55)43-29-50-44(30-49(43)61-51)54-52(62-50)32-46(58-56(54)42-10-6-8-12-48(42)64-58)60(39-25-17-35(3)18-26-39)40-27-19-36(4)20-28-40/h5-32H,1-4H3. The van der Waals surface area contributed by atoms with Gasteiger partial charge in [0.15, 0.2) is 11.2 Å². The van der Waals surface area contributed by atoms with Crippen molar-refractivity contribution in [2.75, 3.05) is 9.80 Å². The van der Waals surface area contributed by atoms with Crippen molar-refractivity contribution in [1.82, 2.24) is 0 Å². The van der Waals surface area contributed by atoms with Crippen LogP contribution >= 0.6 is 0 Å². The summed E-state index contributed by atoms with van der Waals surface area (Å²) >= 11 is 0. The Morgan fingerprint density at radius 3 is 0.953 bits per heavy atom. The van der Waals surface area contributed by atoms with Crippen molar-refractivity contribution in [3.8, 4) is 0 Å². The minimum Gasteiger partial charge on any atom is -0.456 e. The van der Waals surface area contributed by atoms with Crippen LogP contribution < -0.4 is 9.80 Å². The summed E-state index contributed by atoms with van der Waals surface area (Å²) < 4.78 is 27.9. The molecule has 6 heteroatoms. The molecular weight excluding hydrogens is 789 g/mol. The van der Waals surface area contributed by atoms with E-state index in [1.807, 2.05) is 24.3 Å². The number of aryl methyl sites for hydroxylation is 4. The predicted molar refractivity (Wildman–Crippen MR) is 264 cm³/mol. The van der Waals surface area contributed by atoms with Crippen molar-refractivity contribution in [2.24, 2.45) is 0 Å². The summed E-state index contributed by atoms with van der Waals surface area (Å²) in [5, 5.41) is 7.92. The fourth-order valence-corrected chi connectivity index (χ4v) is 9.73. The normalized spacial score (nSPS) is 12.1. The van der Waals surface area contributed by atoms with Gasteiger partial charge < -0.3 is 27.5 Å². The van der Waals surface area contributed by atoms with Crippen LogP contribution in [0.4, 0.5) is 34.1 Å². The van der Waals surface area contributed by atoms with Crippen LogP contribution in [-0.2, 0) is 0 Å². The Balaban J connectivity index is 1.11. The van der Waals surface area contributed by atoms with Gasteiger partial charge in [-0.2, -0.15) is 0 Å². The number of hydrogen-bond donors (Lipinski definition) is 0. The largest absolute Gasteiger partial charge is 0.456 e. The van der Waals surface area contributed by atoms with Crippen LogP contribution in [0.5, 0.6) is 0 Å². The number of nitrogens with zero attached hydrogens (tertiary/aromatic N) is 2. The molecule has 64 heavy (non-hydrogen) atoms. The molecule has 13 rings (SSSR count). The highest BCUT2D eigenvalue weighted by Gasteiger charge is 2.28. The second kappa shape index (κ2) is 13.6. The summed E-state index contributed by atoms with van der Waals surface area (Å²) in [7, 11) is 0. The third-order valence-electron chi connectivity index (χ3n) is 12.9. The van der Waals surface area contributed by atoms with E-state index >= 15 is 0 Å². The number of para-hydroxylation sites is 2. The molecule has 9 aromatic carbocycles. The Morgan fingerprint density at radius 2 is 0.609 bits per heavy atom. The average Bonchev–Trinajstić information content (AvgIpc) is 4.08. The van der Waals surface area contributed by atoms with Crippen LogP contribution in [0.3, 0.4) is 0 Å². The maximum absolute atomic E-state index is 7.04. The lowest BCUT2D eigenvalue weighted by molar-refractivity contribution is 0.660. The second-order valence-electron chi connectivity index (χ2n) is 17.2. The maximum atomic E-state index is 7.04. The van der Waals surface area contributed by atoms with Crippen molar-refractivity contribution in [2.45, 2.75) is 27.7 Å². The fourth-order valence-electron chi connectivity index (χ4n) is 9.73. The van der Waals surface area contributed by atoms with E-state index in [1.54, 1.807) is 0 Å². The van der Waals surface area contributed by atoms with Crippen LogP contribution in [0.1, 0.15) is 22.3 Å². The highest BCUT2D eigenvalue weighted by atomic mass is 16.3. The van der Waals surface area contributed by atoms with Gasteiger partial charge in [0.2, 0.25) is 0 Å². The molecule has 0 bridgehead atoms. The maximum Gasteiger partial charge on any atom is 0.160 e. The first-order valence-electron chi connectivity index (χ1n) is 21.7. The number of furan rings is 4. The topological polar surface area (TPSA) is 59.0 Å². The lowest BCUT2D eigenvalue weighted by Crippen LogP contribution is -2.10. The van der Waals surface area contributed by atoms with Crippen molar-refractivity contribution >= 4 is 122 Å². The van der Waals surface area contributed by atoms with Gasteiger partial charge in [-0.1, -0.05) is 107 Å². The summed E-state index contributed by atoms with van der Waals surface area (Å²) in [6.07, 6.45) is 0. The van der Waals surface area contributed by atoms with Gasteiger partial charge in [0.25, 0.3) is 0 Å². The van der Waals surface area contributed by atoms with E-state index in [2.05, 4.69) is 183 Å². The van der Waals surface area contributed by atoms with Gasteiger partial charge in [0, 0.05) is 78.0 Å². The molecule has 13 aromatic rings. The summed E-state index contributed by atoms with van der Waals surface area (Å²) in [6.45, 7) is 8.45. The number of benzene rings is 9. The van der Waals surface area contributed by atoms with Gasteiger partial charge in [-0.3, -0.25) is 0 Å². The molecule has 0 saturated heterocycles. The molecule has 4 aromatic heterocycles. The molecule has 0 saturated carbocycles.